The van der Waals surface area contributed by atoms with E-state index in [4.69, 9.17) is 27.8 Å². The Morgan fingerprint density at radius 3 is 1.18 bits per heavy atom. The molecule has 0 unspecified atom stereocenters. The maximum atomic E-state index is 11.3. The Labute approximate surface area is 354 Å². The number of hydrogen-bond donors (Lipinski definition) is 9. The van der Waals surface area contributed by atoms with E-state index in [1.165, 1.54) is 41.9 Å². The summed E-state index contributed by atoms with van der Waals surface area (Å²) in [6, 6.07) is 17.6. The van der Waals surface area contributed by atoms with Crippen molar-refractivity contribution >= 4 is 77.0 Å². The molecule has 0 aromatic heterocycles. The summed E-state index contributed by atoms with van der Waals surface area (Å²) in [7, 11) is 4.50. The average Bonchev–Trinajstić information content (AvgIpc) is 3.08. The summed E-state index contributed by atoms with van der Waals surface area (Å²) >= 11 is 4.95. The Kier molecular flexibility index (Phi) is 93.7. The summed E-state index contributed by atoms with van der Waals surface area (Å²) in [4.78, 5) is 62.5. The van der Waals surface area contributed by atoms with E-state index in [0.717, 1.165) is 0 Å². The van der Waals surface area contributed by atoms with Crippen molar-refractivity contribution in [2.45, 2.75) is 61.3 Å². The van der Waals surface area contributed by atoms with E-state index < -0.39 is 5.43 Å². The fraction of sp³-hybridized carbons (Fsp3) is 0.471. The van der Waals surface area contributed by atoms with E-state index in [1.807, 2.05) is 12.1 Å². The number of carbonyl (C=O) groups is 6. The first-order valence-electron chi connectivity index (χ1n) is 15.0. The zero-order valence-corrected chi connectivity index (χ0v) is 33.0. The first kappa shape index (κ1) is 79.6. The molecule has 0 saturated carbocycles. The molecule has 0 aliphatic heterocycles. The van der Waals surface area contributed by atoms with Crippen molar-refractivity contribution in [2.75, 3.05) is 47.3 Å². The Morgan fingerprint density at radius 2 is 0.909 bits per heavy atom. The van der Waals surface area contributed by atoms with Crippen LogP contribution in [0.15, 0.2) is 60.7 Å². The van der Waals surface area contributed by atoms with Crippen LogP contribution in [0.4, 0.5) is 4.79 Å². The predicted octanol–water partition coefficient (Wildman–Crippen LogP) is 2.09. The molecule has 0 aliphatic rings. The van der Waals surface area contributed by atoms with Crippen LogP contribution in [-0.4, -0.2) is 113 Å². The van der Waals surface area contributed by atoms with Crippen LogP contribution in [0.1, 0.15) is 69.9 Å². The van der Waals surface area contributed by atoms with Crippen LogP contribution in [0.3, 0.4) is 0 Å². The standard InChI is InChI=1S/C12H15NO3.C7H5ClO2.C6H12N2O2.C4H10N2O.3CH5N.2CH4.3Be.H3N.6H/c1-10(14)13-9-5-8-12(15)16-11-6-3-2-4-7-11;8-7(9)10-6-4-2-1-3-5-6;1-5(9)8-4-2-3-6(7)10;1-4(7)6-3-2-5;3*1-2;;;;;;;;;;;;/h2-4,6-7H,5,8-9H2,1H3,(H,13,14);1-5H;2-4H2,1H3,(H2,7,10)(H,8,9);2-3,5H2,1H3,(H,6,7);3*2H2,1H3;2*1H4;;;;1H3;;;;;;/q;;;;;;;;;3*+2;;6*-1. The average molecular weight is 800 g/mol. The first-order valence-corrected chi connectivity index (χ1v) is 15.4. The summed E-state index contributed by atoms with van der Waals surface area (Å²) in [5, 5.41) is 7.70. The molecule has 316 valence electrons. The van der Waals surface area contributed by atoms with Crippen molar-refractivity contribution in [2.24, 2.45) is 28.7 Å². The molecular weight excluding hydrogens is 725 g/mol. The number of esters is 1. The number of halogens is 1. The van der Waals surface area contributed by atoms with Crippen molar-refractivity contribution in [3.63, 3.8) is 0 Å². The molecule has 2 aromatic carbocycles. The number of rotatable bonds is 12. The smallest absolute Gasteiger partial charge is 1.00 e. The Hall–Kier alpha value is -4.14. The van der Waals surface area contributed by atoms with E-state index >= 15 is 0 Å². The molecule has 21 heteroatoms. The van der Waals surface area contributed by atoms with Crippen LogP contribution in [0.5, 0.6) is 11.5 Å². The SMILES string of the molecule is C.C.CC(=O)NCCCC(=O)Oc1ccccc1.CC(=O)NCCCC(N)=O.CC(=O)NCCN.CN.CN.CN.N.O=C(Cl)Oc1ccccc1.[Be+2].[Be+2].[Be+2].[H-].[H-].[H-].[H-].[H-].[H-]. The number of primary amides is 1. The first-order chi connectivity index (χ1) is 23.4. The molecule has 0 radical (unpaired) electrons. The van der Waals surface area contributed by atoms with Crippen molar-refractivity contribution in [3.05, 3.63) is 60.7 Å². The third-order valence-electron chi connectivity index (χ3n) is 4.34. The Bertz CT molecular complexity index is 1130. The number of carbonyl (C=O) groups excluding carboxylic acids is 6. The normalized spacial score (nSPS) is 7.40. The summed E-state index contributed by atoms with van der Waals surface area (Å²) < 4.78 is 9.61. The molecule has 0 spiro atoms. The van der Waals surface area contributed by atoms with Gasteiger partial charge in [-0.1, -0.05) is 51.3 Å². The second kappa shape index (κ2) is 64.8. The van der Waals surface area contributed by atoms with Crippen molar-refractivity contribution < 1.29 is 46.8 Å². The van der Waals surface area contributed by atoms with Crippen molar-refractivity contribution in [3.8, 4) is 11.5 Å². The molecule has 0 bridgehead atoms. The number of hydrogen-bond acceptors (Lipinski definition) is 13. The molecule has 0 aliphatic carbocycles. The van der Waals surface area contributed by atoms with Gasteiger partial charge in [-0.15, -0.1) is 0 Å². The summed E-state index contributed by atoms with van der Waals surface area (Å²) in [5.74, 6) is 0.211. The van der Waals surface area contributed by atoms with Crippen molar-refractivity contribution in [1.29, 1.82) is 0 Å². The number of ether oxygens (including phenoxy) is 2. The van der Waals surface area contributed by atoms with Gasteiger partial charge in [0.15, 0.2) is 0 Å². The summed E-state index contributed by atoms with van der Waals surface area (Å²) in [5.41, 5.74) is 22.6. The van der Waals surface area contributed by atoms with Gasteiger partial charge >= 0.3 is 41.8 Å². The van der Waals surface area contributed by atoms with Gasteiger partial charge in [0.1, 0.15) is 11.5 Å². The second-order valence-electron chi connectivity index (χ2n) is 8.35. The van der Waals surface area contributed by atoms with Crippen LogP contribution in [0.25, 0.3) is 0 Å². The van der Waals surface area contributed by atoms with Crippen LogP contribution < -0.4 is 60.2 Å². The minimum atomic E-state index is -0.814. The fourth-order valence-corrected chi connectivity index (χ4v) is 2.61. The van der Waals surface area contributed by atoms with E-state index in [0.29, 0.717) is 63.4 Å². The zero-order chi connectivity index (χ0) is 38.9. The molecule has 0 heterocycles. The van der Waals surface area contributed by atoms with E-state index in [2.05, 4.69) is 37.9 Å². The molecule has 0 fully saturated rings. The Morgan fingerprint density at radius 1 is 0.600 bits per heavy atom. The van der Waals surface area contributed by atoms with Gasteiger partial charge in [0.2, 0.25) is 23.6 Å². The van der Waals surface area contributed by atoms with Gasteiger partial charge in [-0.25, -0.2) is 4.79 Å². The molecular formula is C34H74Be3ClN9O8. The third-order valence-corrected chi connectivity index (χ3v) is 4.42. The molecule has 17 nitrogen and oxygen atoms in total. The fourth-order valence-electron chi connectivity index (χ4n) is 2.52. The van der Waals surface area contributed by atoms with Crippen LogP contribution in [-0.2, 0) is 24.0 Å². The van der Waals surface area contributed by atoms with Crippen LogP contribution >= 0.6 is 11.6 Å². The van der Waals surface area contributed by atoms with Gasteiger partial charge in [-0.2, -0.15) is 0 Å². The van der Waals surface area contributed by atoms with Gasteiger partial charge in [0, 0.05) is 71.4 Å². The molecule has 55 heavy (non-hydrogen) atoms. The van der Waals surface area contributed by atoms with Crippen LogP contribution in [0, 0.1) is 0 Å². The van der Waals surface area contributed by atoms with Gasteiger partial charge in [0.25, 0.3) is 0 Å². The number of nitrogens with two attached hydrogens (primary N) is 5. The Balaban J connectivity index is -0.0000000261. The maximum Gasteiger partial charge on any atom is 2.00 e. The molecule has 2 aromatic rings. The summed E-state index contributed by atoms with van der Waals surface area (Å²) in [6.45, 7) is 6.47. The van der Waals surface area contributed by atoms with E-state index in [9.17, 15) is 28.8 Å². The quantitative estimate of drug-likeness (QED) is 0.0489. The van der Waals surface area contributed by atoms with Gasteiger partial charge in [-0.05, 0) is 58.3 Å². The molecule has 2 rings (SSSR count). The monoisotopic (exact) mass is 799 g/mol. The van der Waals surface area contributed by atoms with Gasteiger partial charge in [-0.3, -0.25) is 24.0 Å². The number of benzene rings is 2. The number of nitrogens with one attached hydrogen (secondary N) is 3. The largest absolute Gasteiger partial charge is 2.00 e. The maximum absolute atomic E-state index is 11.3. The second-order valence-corrected chi connectivity index (χ2v) is 8.66. The molecule has 16 N–H and O–H groups in total. The molecule has 0 atom stereocenters. The minimum absolute atomic E-state index is 0. The molecule has 0 saturated heterocycles. The van der Waals surface area contributed by atoms with Gasteiger partial charge < -0.3 is 68.8 Å². The summed E-state index contributed by atoms with van der Waals surface area (Å²) in [6.07, 6.45) is 1.84. The zero-order valence-electron chi connectivity index (χ0n) is 38.3. The van der Waals surface area contributed by atoms with Gasteiger partial charge in [0.05, 0.1) is 0 Å². The van der Waals surface area contributed by atoms with Crippen LogP contribution in [0.2, 0.25) is 0 Å². The topological polar surface area (TPSA) is 322 Å². The van der Waals surface area contributed by atoms with E-state index in [-0.39, 0.29) is 89.5 Å². The predicted molar refractivity (Wildman–Crippen MR) is 236 cm³/mol. The minimum Gasteiger partial charge on any atom is -1.00 e. The van der Waals surface area contributed by atoms with Crippen molar-refractivity contribution in [1.82, 2.24) is 22.1 Å². The number of para-hydroxylation sites is 2. The number of amides is 4. The molecule has 4 amide bonds. The third kappa shape index (κ3) is 79.7. The van der Waals surface area contributed by atoms with E-state index in [1.54, 1.807) is 48.5 Å².